The molecule has 1 aromatic rings. The van der Waals surface area contributed by atoms with Crippen molar-refractivity contribution in [2.75, 3.05) is 20.1 Å². The van der Waals surface area contributed by atoms with Crippen molar-refractivity contribution in [3.05, 3.63) is 35.6 Å². The molecule has 1 aromatic carbocycles. The van der Waals surface area contributed by atoms with Crippen LogP contribution in [-0.4, -0.2) is 31.1 Å². The zero-order valence-electron chi connectivity index (χ0n) is 11.2. The molecule has 0 bridgehead atoms. The van der Waals surface area contributed by atoms with E-state index in [9.17, 15) is 4.39 Å². The molecule has 2 rings (SSSR count). The number of nitrogens with zero attached hydrogens (tertiary/aromatic N) is 1. The minimum Gasteiger partial charge on any atom is -0.320 e. The van der Waals surface area contributed by atoms with Gasteiger partial charge in [-0.1, -0.05) is 18.6 Å². The summed E-state index contributed by atoms with van der Waals surface area (Å²) >= 11 is 0. The summed E-state index contributed by atoms with van der Waals surface area (Å²) in [6.45, 7) is 3.20. The predicted molar refractivity (Wildman–Crippen MR) is 73.0 cm³/mol. The molecule has 0 amide bonds. The van der Waals surface area contributed by atoms with E-state index in [2.05, 4.69) is 10.2 Å². The molecule has 18 heavy (non-hydrogen) atoms. The summed E-state index contributed by atoms with van der Waals surface area (Å²) < 4.78 is 12.9. The van der Waals surface area contributed by atoms with Gasteiger partial charge in [-0.05, 0) is 57.1 Å². The van der Waals surface area contributed by atoms with Crippen molar-refractivity contribution in [1.29, 1.82) is 0 Å². The maximum Gasteiger partial charge on any atom is 0.123 e. The molecular formula is C15H23FN2. The van der Waals surface area contributed by atoms with Crippen LogP contribution in [0, 0.1) is 5.82 Å². The number of hydrogen-bond acceptors (Lipinski definition) is 2. The fourth-order valence-electron chi connectivity index (χ4n) is 2.73. The second-order valence-electron chi connectivity index (χ2n) is 5.14. The fourth-order valence-corrected chi connectivity index (χ4v) is 2.73. The van der Waals surface area contributed by atoms with Crippen LogP contribution in [0.3, 0.4) is 0 Å². The zero-order chi connectivity index (χ0) is 12.8. The Kier molecular flexibility index (Phi) is 5.14. The largest absolute Gasteiger partial charge is 0.320 e. The van der Waals surface area contributed by atoms with Gasteiger partial charge in [-0.2, -0.15) is 0 Å². The van der Waals surface area contributed by atoms with Crippen molar-refractivity contribution in [3.63, 3.8) is 0 Å². The maximum atomic E-state index is 12.9. The fraction of sp³-hybridized carbons (Fsp3) is 0.600. The smallest absolute Gasteiger partial charge is 0.123 e. The summed E-state index contributed by atoms with van der Waals surface area (Å²) in [5, 5.41) is 3.23. The van der Waals surface area contributed by atoms with Crippen molar-refractivity contribution in [1.82, 2.24) is 10.2 Å². The Morgan fingerprint density at radius 1 is 1.28 bits per heavy atom. The molecule has 0 radical (unpaired) electrons. The quantitative estimate of drug-likeness (QED) is 0.864. The highest BCUT2D eigenvalue weighted by molar-refractivity contribution is 5.16. The van der Waals surface area contributed by atoms with Gasteiger partial charge in [0.25, 0.3) is 0 Å². The van der Waals surface area contributed by atoms with Crippen molar-refractivity contribution >= 4 is 0 Å². The van der Waals surface area contributed by atoms with Crippen LogP contribution in [0.5, 0.6) is 0 Å². The molecule has 0 aromatic heterocycles. The molecule has 0 saturated carbocycles. The average Bonchev–Trinajstić information content (AvgIpc) is 2.40. The number of hydrogen-bond donors (Lipinski definition) is 1. The van der Waals surface area contributed by atoms with E-state index in [1.165, 1.54) is 37.8 Å². The summed E-state index contributed by atoms with van der Waals surface area (Å²) in [4.78, 5) is 2.55. The van der Waals surface area contributed by atoms with E-state index in [1.54, 1.807) is 12.1 Å². The van der Waals surface area contributed by atoms with Gasteiger partial charge in [-0.15, -0.1) is 0 Å². The molecule has 2 nitrogen and oxygen atoms in total. The topological polar surface area (TPSA) is 15.3 Å². The molecule has 0 aliphatic carbocycles. The first-order valence-electron chi connectivity index (χ1n) is 6.92. The van der Waals surface area contributed by atoms with Crippen LogP contribution < -0.4 is 5.32 Å². The van der Waals surface area contributed by atoms with Crippen molar-refractivity contribution in [2.24, 2.45) is 0 Å². The van der Waals surface area contributed by atoms with E-state index in [4.69, 9.17) is 0 Å². The van der Waals surface area contributed by atoms with Gasteiger partial charge in [0.2, 0.25) is 0 Å². The standard InChI is InChI=1S/C15H23FN2/c1-17-10-9-15-4-2-3-11-18(15)12-13-5-7-14(16)8-6-13/h5-8,15,17H,2-4,9-12H2,1H3. The van der Waals surface area contributed by atoms with Gasteiger partial charge in [-0.3, -0.25) is 4.90 Å². The molecule has 1 saturated heterocycles. The number of halogens is 1. The lowest BCUT2D eigenvalue weighted by atomic mass is 9.98. The number of nitrogens with one attached hydrogen (secondary N) is 1. The maximum absolute atomic E-state index is 12.9. The predicted octanol–water partition coefficient (Wildman–Crippen LogP) is 2.79. The Labute approximate surface area is 109 Å². The highest BCUT2D eigenvalue weighted by Gasteiger charge is 2.21. The van der Waals surface area contributed by atoms with Crippen molar-refractivity contribution in [3.8, 4) is 0 Å². The minimum atomic E-state index is -0.149. The number of benzene rings is 1. The molecule has 1 aliphatic heterocycles. The number of likely N-dealkylation sites (tertiary alicyclic amines) is 1. The van der Waals surface area contributed by atoms with E-state index in [0.29, 0.717) is 6.04 Å². The van der Waals surface area contributed by atoms with Crippen LogP contribution in [0.25, 0.3) is 0 Å². The first kappa shape index (κ1) is 13.5. The van der Waals surface area contributed by atoms with Crippen molar-refractivity contribution in [2.45, 2.75) is 38.3 Å². The van der Waals surface area contributed by atoms with Crippen LogP contribution in [-0.2, 0) is 6.54 Å². The molecule has 1 atom stereocenters. The molecule has 1 heterocycles. The SMILES string of the molecule is CNCCC1CCCCN1Cc1ccc(F)cc1. The van der Waals surface area contributed by atoms with E-state index in [0.717, 1.165) is 13.1 Å². The van der Waals surface area contributed by atoms with Crippen LogP contribution in [0.2, 0.25) is 0 Å². The molecule has 3 heteroatoms. The van der Waals surface area contributed by atoms with Gasteiger partial charge in [0.1, 0.15) is 5.82 Å². The first-order chi connectivity index (χ1) is 8.79. The van der Waals surface area contributed by atoms with Crippen LogP contribution in [0.15, 0.2) is 24.3 Å². The lowest BCUT2D eigenvalue weighted by Gasteiger charge is -2.36. The summed E-state index contributed by atoms with van der Waals surface area (Å²) in [5.41, 5.74) is 1.22. The molecule has 0 spiro atoms. The summed E-state index contributed by atoms with van der Waals surface area (Å²) in [6.07, 6.45) is 5.13. The zero-order valence-corrected chi connectivity index (χ0v) is 11.2. The normalized spacial score (nSPS) is 21.1. The van der Waals surface area contributed by atoms with E-state index >= 15 is 0 Å². The molecule has 1 unspecified atom stereocenters. The first-order valence-corrected chi connectivity index (χ1v) is 6.92. The van der Waals surface area contributed by atoms with Gasteiger partial charge in [-0.25, -0.2) is 4.39 Å². The Hall–Kier alpha value is -0.930. The van der Waals surface area contributed by atoms with Gasteiger partial charge in [0, 0.05) is 12.6 Å². The summed E-state index contributed by atoms with van der Waals surface area (Å²) in [6, 6.07) is 7.60. The van der Waals surface area contributed by atoms with Crippen molar-refractivity contribution < 1.29 is 4.39 Å². The third-order valence-corrected chi connectivity index (χ3v) is 3.78. The lowest BCUT2D eigenvalue weighted by Crippen LogP contribution is -2.40. The van der Waals surface area contributed by atoms with E-state index < -0.39 is 0 Å². The van der Waals surface area contributed by atoms with Crippen LogP contribution in [0.4, 0.5) is 4.39 Å². The molecule has 100 valence electrons. The lowest BCUT2D eigenvalue weighted by molar-refractivity contribution is 0.132. The summed E-state index contributed by atoms with van der Waals surface area (Å²) in [5.74, 6) is -0.149. The van der Waals surface area contributed by atoms with Crippen LogP contribution in [0.1, 0.15) is 31.2 Å². The third-order valence-electron chi connectivity index (χ3n) is 3.78. The highest BCUT2D eigenvalue weighted by Crippen LogP contribution is 2.21. The van der Waals surface area contributed by atoms with Gasteiger partial charge < -0.3 is 5.32 Å². The van der Waals surface area contributed by atoms with Gasteiger partial charge in [0.05, 0.1) is 0 Å². The Morgan fingerprint density at radius 2 is 2.06 bits per heavy atom. The van der Waals surface area contributed by atoms with Gasteiger partial charge in [0.15, 0.2) is 0 Å². The molecule has 1 aliphatic rings. The number of rotatable bonds is 5. The molecular weight excluding hydrogens is 227 g/mol. The average molecular weight is 250 g/mol. The Balaban J connectivity index is 1.94. The van der Waals surface area contributed by atoms with E-state index in [1.807, 2.05) is 19.2 Å². The van der Waals surface area contributed by atoms with Gasteiger partial charge >= 0.3 is 0 Å². The second-order valence-corrected chi connectivity index (χ2v) is 5.14. The van der Waals surface area contributed by atoms with Crippen LogP contribution >= 0.6 is 0 Å². The monoisotopic (exact) mass is 250 g/mol. The molecule has 1 fully saturated rings. The van der Waals surface area contributed by atoms with E-state index in [-0.39, 0.29) is 5.82 Å². The minimum absolute atomic E-state index is 0.149. The second kappa shape index (κ2) is 6.86. The summed E-state index contributed by atoms with van der Waals surface area (Å²) in [7, 11) is 2.01. The molecule has 1 N–H and O–H groups in total. The number of piperidine rings is 1. The Morgan fingerprint density at radius 3 is 2.78 bits per heavy atom. The Bertz CT molecular complexity index is 350. The third kappa shape index (κ3) is 3.79. The highest BCUT2D eigenvalue weighted by atomic mass is 19.1.